The highest BCUT2D eigenvalue weighted by atomic mass is 19.1. The van der Waals surface area contributed by atoms with Crippen molar-refractivity contribution in [3.05, 3.63) is 47.5 Å². The average molecular weight is 274 g/mol. The van der Waals surface area contributed by atoms with Crippen LogP contribution in [0.3, 0.4) is 0 Å². The van der Waals surface area contributed by atoms with E-state index in [1.54, 1.807) is 23.2 Å². The van der Waals surface area contributed by atoms with E-state index in [1.807, 2.05) is 27.0 Å². The summed E-state index contributed by atoms with van der Waals surface area (Å²) < 4.78 is 13.9. The minimum absolute atomic E-state index is 0.269. The van der Waals surface area contributed by atoms with Gasteiger partial charge in [-0.25, -0.2) is 14.4 Å². The number of halogens is 1. The lowest BCUT2D eigenvalue weighted by Crippen LogP contribution is -2.21. The monoisotopic (exact) mass is 274 g/mol. The van der Waals surface area contributed by atoms with Crippen LogP contribution < -0.4 is 10.2 Å². The quantitative estimate of drug-likeness (QED) is 0.910. The topological polar surface area (TPSA) is 41.1 Å². The first-order valence-corrected chi connectivity index (χ1v) is 6.66. The Morgan fingerprint density at radius 3 is 2.65 bits per heavy atom. The van der Waals surface area contributed by atoms with Gasteiger partial charge >= 0.3 is 0 Å². The van der Waals surface area contributed by atoms with Crippen LogP contribution in [-0.2, 0) is 6.54 Å². The van der Waals surface area contributed by atoms with Crippen LogP contribution in [-0.4, -0.2) is 23.6 Å². The standard InChI is InChI=1S/C15H19FN4/c1-4-20(14-8-6-5-7-13(14)16)15-18-10-12(9-17-3)11(2)19-15/h5-8,10,17H,4,9H2,1-3H3. The van der Waals surface area contributed by atoms with Gasteiger partial charge in [-0.1, -0.05) is 12.1 Å². The normalized spacial score (nSPS) is 10.6. The summed E-state index contributed by atoms with van der Waals surface area (Å²) in [5.74, 6) is 0.254. The lowest BCUT2D eigenvalue weighted by atomic mass is 10.2. The molecule has 2 aromatic rings. The SMILES string of the molecule is CCN(c1ncc(CNC)c(C)n1)c1ccccc1F. The van der Waals surface area contributed by atoms with Crippen LogP contribution in [0.4, 0.5) is 16.0 Å². The summed E-state index contributed by atoms with van der Waals surface area (Å²) in [5, 5.41) is 3.07. The molecule has 0 bridgehead atoms. The molecule has 2 rings (SSSR count). The van der Waals surface area contributed by atoms with Gasteiger partial charge in [-0.15, -0.1) is 0 Å². The van der Waals surface area contributed by atoms with E-state index in [1.165, 1.54) is 6.07 Å². The minimum Gasteiger partial charge on any atom is -0.316 e. The molecular weight excluding hydrogens is 255 g/mol. The molecule has 0 saturated carbocycles. The van der Waals surface area contributed by atoms with Crippen LogP contribution in [0.15, 0.2) is 30.5 Å². The molecule has 4 nitrogen and oxygen atoms in total. The van der Waals surface area contributed by atoms with E-state index in [4.69, 9.17) is 0 Å². The van der Waals surface area contributed by atoms with Gasteiger partial charge in [0.25, 0.3) is 0 Å². The summed E-state index contributed by atoms with van der Waals surface area (Å²) in [4.78, 5) is 10.6. The molecule has 0 aliphatic carbocycles. The fraction of sp³-hybridized carbons (Fsp3) is 0.333. The van der Waals surface area contributed by atoms with Gasteiger partial charge in [0.1, 0.15) is 5.82 Å². The Bertz CT molecular complexity index is 586. The second-order valence-electron chi connectivity index (χ2n) is 4.51. The van der Waals surface area contributed by atoms with E-state index in [-0.39, 0.29) is 5.82 Å². The Kier molecular flexibility index (Phi) is 4.63. The molecule has 0 saturated heterocycles. The number of aromatic nitrogens is 2. The molecule has 1 aromatic carbocycles. The summed E-state index contributed by atoms with van der Waals surface area (Å²) in [7, 11) is 1.88. The Hall–Kier alpha value is -2.01. The number of nitrogens with zero attached hydrogens (tertiary/aromatic N) is 3. The first-order valence-electron chi connectivity index (χ1n) is 6.66. The smallest absolute Gasteiger partial charge is 0.230 e. The van der Waals surface area contributed by atoms with Gasteiger partial charge in [0.15, 0.2) is 0 Å². The summed E-state index contributed by atoms with van der Waals surface area (Å²) in [6.07, 6.45) is 1.79. The molecule has 0 radical (unpaired) electrons. The molecule has 106 valence electrons. The van der Waals surface area contributed by atoms with Gasteiger partial charge in [-0.3, -0.25) is 0 Å². The first-order chi connectivity index (χ1) is 9.67. The second kappa shape index (κ2) is 6.43. The van der Waals surface area contributed by atoms with E-state index in [2.05, 4.69) is 15.3 Å². The molecule has 1 aromatic heterocycles. The number of hydrogen-bond donors (Lipinski definition) is 1. The van der Waals surface area contributed by atoms with Gasteiger partial charge in [-0.2, -0.15) is 0 Å². The number of hydrogen-bond acceptors (Lipinski definition) is 4. The summed E-state index contributed by atoms with van der Waals surface area (Å²) >= 11 is 0. The zero-order valence-corrected chi connectivity index (χ0v) is 12.0. The van der Waals surface area contributed by atoms with Crippen molar-refractivity contribution in [2.24, 2.45) is 0 Å². The largest absolute Gasteiger partial charge is 0.316 e. The van der Waals surface area contributed by atoms with Gasteiger partial charge in [0.05, 0.1) is 5.69 Å². The Balaban J connectivity index is 2.38. The van der Waals surface area contributed by atoms with Crippen molar-refractivity contribution in [2.75, 3.05) is 18.5 Å². The zero-order chi connectivity index (χ0) is 14.5. The van der Waals surface area contributed by atoms with Crippen molar-refractivity contribution >= 4 is 11.6 Å². The molecule has 0 aliphatic rings. The van der Waals surface area contributed by atoms with E-state index in [9.17, 15) is 4.39 Å². The molecule has 0 fully saturated rings. The van der Waals surface area contributed by atoms with E-state index < -0.39 is 0 Å². The van der Waals surface area contributed by atoms with E-state index >= 15 is 0 Å². The molecule has 0 unspecified atom stereocenters. The summed E-state index contributed by atoms with van der Waals surface area (Å²) in [6, 6.07) is 6.66. The molecule has 0 aliphatic heterocycles. The second-order valence-corrected chi connectivity index (χ2v) is 4.51. The molecule has 0 atom stereocenters. The van der Waals surface area contributed by atoms with Crippen LogP contribution in [0.2, 0.25) is 0 Å². The third-order valence-electron chi connectivity index (χ3n) is 3.14. The lowest BCUT2D eigenvalue weighted by Gasteiger charge is -2.22. The summed E-state index contributed by atoms with van der Waals surface area (Å²) in [5.41, 5.74) is 2.44. The average Bonchev–Trinajstić information content (AvgIpc) is 2.45. The van der Waals surface area contributed by atoms with Crippen LogP contribution in [0, 0.1) is 12.7 Å². The van der Waals surface area contributed by atoms with Crippen LogP contribution in [0.5, 0.6) is 0 Å². The highest BCUT2D eigenvalue weighted by molar-refractivity contribution is 5.57. The number of nitrogens with one attached hydrogen (secondary N) is 1. The van der Waals surface area contributed by atoms with Gasteiger partial charge in [0, 0.05) is 30.5 Å². The van der Waals surface area contributed by atoms with Crippen LogP contribution >= 0.6 is 0 Å². The van der Waals surface area contributed by atoms with Crippen molar-refractivity contribution in [1.82, 2.24) is 15.3 Å². The lowest BCUT2D eigenvalue weighted by molar-refractivity contribution is 0.624. The van der Waals surface area contributed by atoms with Crippen molar-refractivity contribution < 1.29 is 4.39 Å². The van der Waals surface area contributed by atoms with Gasteiger partial charge in [-0.05, 0) is 33.0 Å². The van der Waals surface area contributed by atoms with Gasteiger partial charge < -0.3 is 10.2 Å². The fourth-order valence-corrected chi connectivity index (χ4v) is 2.06. The Labute approximate surface area is 118 Å². The molecule has 0 spiro atoms. The number of rotatable bonds is 5. The summed E-state index contributed by atoms with van der Waals surface area (Å²) in [6.45, 7) is 5.21. The Morgan fingerprint density at radius 1 is 1.30 bits per heavy atom. The van der Waals surface area contributed by atoms with Crippen LogP contribution in [0.1, 0.15) is 18.2 Å². The molecular formula is C15H19FN4. The van der Waals surface area contributed by atoms with Crippen molar-refractivity contribution in [2.45, 2.75) is 20.4 Å². The predicted molar refractivity (Wildman–Crippen MR) is 78.6 cm³/mol. The maximum Gasteiger partial charge on any atom is 0.230 e. The number of benzene rings is 1. The molecule has 0 amide bonds. The van der Waals surface area contributed by atoms with E-state index in [0.29, 0.717) is 18.2 Å². The molecule has 1 N–H and O–H groups in total. The molecule has 5 heteroatoms. The third-order valence-corrected chi connectivity index (χ3v) is 3.14. The zero-order valence-electron chi connectivity index (χ0n) is 12.0. The maximum absolute atomic E-state index is 13.9. The predicted octanol–water partition coefficient (Wildman–Crippen LogP) is 2.80. The number of anilines is 2. The molecule has 20 heavy (non-hydrogen) atoms. The van der Waals surface area contributed by atoms with E-state index in [0.717, 1.165) is 17.8 Å². The third kappa shape index (κ3) is 2.93. The Morgan fingerprint density at radius 2 is 2.05 bits per heavy atom. The minimum atomic E-state index is -0.269. The van der Waals surface area contributed by atoms with Crippen molar-refractivity contribution in [3.8, 4) is 0 Å². The van der Waals surface area contributed by atoms with Crippen molar-refractivity contribution in [1.29, 1.82) is 0 Å². The first kappa shape index (κ1) is 14.4. The van der Waals surface area contributed by atoms with Gasteiger partial charge in [0.2, 0.25) is 5.95 Å². The highest BCUT2D eigenvalue weighted by Gasteiger charge is 2.15. The highest BCUT2D eigenvalue weighted by Crippen LogP contribution is 2.25. The maximum atomic E-state index is 13.9. The van der Waals surface area contributed by atoms with Crippen molar-refractivity contribution in [3.63, 3.8) is 0 Å². The number of para-hydroxylation sites is 1. The molecule has 1 heterocycles. The van der Waals surface area contributed by atoms with Crippen LogP contribution in [0.25, 0.3) is 0 Å². The number of aryl methyl sites for hydroxylation is 1. The fourth-order valence-electron chi connectivity index (χ4n) is 2.06.